The molecule has 0 aliphatic carbocycles. The average Bonchev–Trinajstić information content (AvgIpc) is 2.60. The van der Waals surface area contributed by atoms with Crippen molar-refractivity contribution in [2.24, 2.45) is 5.92 Å². The molecule has 0 bridgehead atoms. The highest BCUT2D eigenvalue weighted by atomic mass is 79.9. The topological polar surface area (TPSA) is 61.8 Å². The minimum atomic E-state index is -0.534. The van der Waals surface area contributed by atoms with E-state index in [0.717, 1.165) is 0 Å². The number of esters is 1. The van der Waals surface area contributed by atoms with Crippen molar-refractivity contribution in [2.45, 2.75) is 13.8 Å². The van der Waals surface area contributed by atoms with Crippen LogP contribution in [0.3, 0.4) is 0 Å². The van der Waals surface area contributed by atoms with Crippen molar-refractivity contribution >= 4 is 28.2 Å². The Hall–Kier alpha value is -2.34. The van der Waals surface area contributed by atoms with E-state index in [1.807, 2.05) is 0 Å². The van der Waals surface area contributed by atoms with Gasteiger partial charge in [0.15, 0.2) is 11.5 Å². The van der Waals surface area contributed by atoms with Crippen LogP contribution in [-0.4, -0.2) is 26.0 Å². The molecule has 0 aliphatic heterocycles. The van der Waals surface area contributed by atoms with Crippen molar-refractivity contribution in [1.29, 1.82) is 0 Å². The summed E-state index contributed by atoms with van der Waals surface area (Å²) < 4.78 is 16.9. The second-order valence-electron chi connectivity index (χ2n) is 5.77. The van der Waals surface area contributed by atoms with Crippen molar-refractivity contribution < 1.29 is 23.8 Å². The van der Waals surface area contributed by atoms with Gasteiger partial charge in [-0.1, -0.05) is 13.8 Å². The summed E-state index contributed by atoms with van der Waals surface area (Å²) in [5, 5.41) is 0. The number of hydrogen-bond donors (Lipinski definition) is 0. The van der Waals surface area contributed by atoms with Gasteiger partial charge >= 0.3 is 5.97 Å². The largest absolute Gasteiger partial charge is 0.493 e. The van der Waals surface area contributed by atoms with Gasteiger partial charge in [0.1, 0.15) is 12.0 Å². The van der Waals surface area contributed by atoms with Gasteiger partial charge in [-0.3, -0.25) is 4.79 Å². The second-order valence-corrected chi connectivity index (χ2v) is 6.62. The van der Waals surface area contributed by atoms with Crippen molar-refractivity contribution in [3.05, 3.63) is 52.0 Å². The Kier molecular flexibility index (Phi) is 6.58. The molecule has 25 heavy (non-hydrogen) atoms. The fourth-order valence-electron chi connectivity index (χ4n) is 2.00. The summed E-state index contributed by atoms with van der Waals surface area (Å²) in [6.07, 6.45) is 0.696. The second kappa shape index (κ2) is 8.67. The first-order valence-electron chi connectivity index (χ1n) is 7.72. The summed E-state index contributed by atoms with van der Waals surface area (Å²) in [4.78, 5) is 23.2. The fraction of sp³-hybridized carbons (Fsp3) is 0.263. The lowest BCUT2D eigenvalue weighted by Gasteiger charge is -2.12. The first-order valence-corrected chi connectivity index (χ1v) is 8.51. The van der Waals surface area contributed by atoms with E-state index in [0.29, 0.717) is 45.9 Å². The Labute approximate surface area is 155 Å². The first-order chi connectivity index (χ1) is 11.9. The Bertz CT molecular complexity index is 770. The van der Waals surface area contributed by atoms with Crippen LogP contribution in [0.5, 0.6) is 17.2 Å². The molecule has 0 fully saturated rings. The molecule has 0 atom stereocenters. The van der Waals surface area contributed by atoms with Gasteiger partial charge in [-0.05, 0) is 58.2 Å². The first kappa shape index (κ1) is 19.0. The Morgan fingerprint density at radius 3 is 2.44 bits per heavy atom. The summed E-state index contributed by atoms with van der Waals surface area (Å²) in [6.45, 7) is 4.70. The van der Waals surface area contributed by atoms with Crippen LogP contribution in [0.2, 0.25) is 0 Å². The van der Waals surface area contributed by atoms with Crippen LogP contribution in [0.25, 0.3) is 0 Å². The van der Waals surface area contributed by atoms with Gasteiger partial charge in [0.25, 0.3) is 0 Å². The van der Waals surface area contributed by atoms with Crippen LogP contribution in [0, 0.1) is 5.92 Å². The van der Waals surface area contributed by atoms with E-state index in [1.165, 1.54) is 19.2 Å². The molecule has 0 heterocycles. The average molecular weight is 407 g/mol. The standard InChI is InChI=1S/C19H19BrO5/c1-12(2)11-24-16-7-5-14(9-15(16)20)19(22)25-17-6-4-13(10-21)8-18(17)23-3/h4-10,12H,11H2,1-3H3. The molecule has 0 aromatic heterocycles. The third-order valence-electron chi connectivity index (χ3n) is 3.27. The lowest BCUT2D eigenvalue weighted by Crippen LogP contribution is -2.10. The maximum atomic E-state index is 12.4. The SMILES string of the molecule is COc1cc(C=O)ccc1OC(=O)c1ccc(OCC(C)C)c(Br)c1. The van der Waals surface area contributed by atoms with Gasteiger partial charge in [-0.15, -0.1) is 0 Å². The normalized spacial score (nSPS) is 10.4. The molecule has 132 valence electrons. The summed E-state index contributed by atoms with van der Waals surface area (Å²) in [5.41, 5.74) is 0.802. The van der Waals surface area contributed by atoms with Crippen molar-refractivity contribution in [1.82, 2.24) is 0 Å². The molecule has 6 heteroatoms. The summed E-state index contributed by atoms with van der Waals surface area (Å²) >= 11 is 3.40. The van der Waals surface area contributed by atoms with Crippen molar-refractivity contribution in [3.63, 3.8) is 0 Å². The van der Waals surface area contributed by atoms with Crippen molar-refractivity contribution in [2.75, 3.05) is 13.7 Å². The van der Waals surface area contributed by atoms with E-state index in [4.69, 9.17) is 14.2 Å². The number of benzene rings is 2. The fourth-order valence-corrected chi connectivity index (χ4v) is 2.50. The van der Waals surface area contributed by atoms with Crippen LogP contribution in [0.4, 0.5) is 0 Å². The third kappa shape index (κ3) is 5.06. The number of halogens is 1. The van der Waals surface area contributed by atoms with Crippen LogP contribution in [-0.2, 0) is 0 Å². The number of aldehydes is 1. The summed E-state index contributed by atoms with van der Waals surface area (Å²) in [6, 6.07) is 9.58. The zero-order valence-corrected chi connectivity index (χ0v) is 15.8. The molecule has 5 nitrogen and oxygen atoms in total. The summed E-state index contributed by atoms with van der Waals surface area (Å²) in [5.74, 6) is 1.09. The maximum Gasteiger partial charge on any atom is 0.343 e. The highest BCUT2D eigenvalue weighted by Gasteiger charge is 2.15. The molecule has 0 aliphatic rings. The predicted octanol–water partition coefficient (Wildman–Crippen LogP) is 4.52. The van der Waals surface area contributed by atoms with E-state index in [9.17, 15) is 9.59 Å². The molecule has 2 rings (SSSR count). The minimum Gasteiger partial charge on any atom is -0.493 e. The van der Waals surface area contributed by atoms with Gasteiger partial charge in [0.2, 0.25) is 0 Å². The van der Waals surface area contributed by atoms with Gasteiger partial charge < -0.3 is 14.2 Å². The Morgan fingerprint density at radius 1 is 1.12 bits per heavy atom. The smallest absolute Gasteiger partial charge is 0.343 e. The zero-order chi connectivity index (χ0) is 18.4. The molecule has 0 saturated heterocycles. The predicted molar refractivity (Wildman–Crippen MR) is 97.8 cm³/mol. The number of hydrogen-bond acceptors (Lipinski definition) is 5. The number of carbonyl (C=O) groups is 2. The monoisotopic (exact) mass is 406 g/mol. The van der Waals surface area contributed by atoms with Gasteiger partial charge in [0.05, 0.1) is 23.8 Å². The maximum absolute atomic E-state index is 12.4. The number of rotatable bonds is 7. The van der Waals surface area contributed by atoms with Crippen LogP contribution in [0.15, 0.2) is 40.9 Å². The molecule has 0 spiro atoms. The highest BCUT2D eigenvalue weighted by Crippen LogP contribution is 2.30. The molecular weight excluding hydrogens is 388 g/mol. The van der Waals surface area contributed by atoms with Crippen LogP contribution < -0.4 is 14.2 Å². The molecule has 0 saturated carbocycles. The van der Waals surface area contributed by atoms with E-state index in [-0.39, 0.29) is 5.75 Å². The Morgan fingerprint density at radius 2 is 1.84 bits per heavy atom. The van der Waals surface area contributed by atoms with Gasteiger partial charge in [-0.2, -0.15) is 0 Å². The molecule has 0 unspecified atom stereocenters. The number of carbonyl (C=O) groups excluding carboxylic acids is 2. The van der Waals surface area contributed by atoms with E-state index in [2.05, 4.69) is 29.8 Å². The number of methoxy groups -OCH3 is 1. The highest BCUT2D eigenvalue weighted by molar-refractivity contribution is 9.10. The van der Waals surface area contributed by atoms with Crippen molar-refractivity contribution in [3.8, 4) is 17.2 Å². The van der Waals surface area contributed by atoms with Gasteiger partial charge in [0, 0.05) is 5.56 Å². The zero-order valence-electron chi connectivity index (χ0n) is 14.2. The lowest BCUT2D eigenvalue weighted by atomic mass is 10.2. The molecule has 0 radical (unpaired) electrons. The lowest BCUT2D eigenvalue weighted by molar-refractivity contribution is 0.0729. The molecule has 2 aromatic carbocycles. The quantitative estimate of drug-likeness (QED) is 0.384. The van der Waals surface area contributed by atoms with Gasteiger partial charge in [-0.25, -0.2) is 4.79 Å². The van der Waals surface area contributed by atoms with Crippen LogP contribution in [0.1, 0.15) is 34.6 Å². The third-order valence-corrected chi connectivity index (χ3v) is 3.89. The van der Waals surface area contributed by atoms with E-state index < -0.39 is 5.97 Å². The Balaban J connectivity index is 2.16. The molecule has 2 aromatic rings. The molecule has 0 N–H and O–H groups in total. The number of ether oxygens (including phenoxy) is 3. The molecule has 0 amide bonds. The van der Waals surface area contributed by atoms with Crippen LogP contribution >= 0.6 is 15.9 Å². The minimum absolute atomic E-state index is 0.245. The summed E-state index contributed by atoms with van der Waals surface area (Å²) in [7, 11) is 1.44. The van der Waals surface area contributed by atoms with E-state index in [1.54, 1.807) is 24.3 Å². The molecular formula is C19H19BrO5. The van der Waals surface area contributed by atoms with E-state index >= 15 is 0 Å².